The second-order valence-corrected chi connectivity index (χ2v) is 9.57. The number of ether oxygens (including phenoxy) is 2. The highest BCUT2D eigenvalue weighted by atomic mass is 35.5. The van der Waals surface area contributed by atoms with Crippen LogP contribution < -0.4 is 10.2 Å². The molecule has 4 rings (SSSR count). The highest BCUT2D eigenvalue weighted by Crippen LogP contribution is 2.34. The molecular weight excluding hydrogens is 418 g/mol. The van der Waals surface area contributed by atoms with Gasteiger partial charge in [-0.2, -0.15) is 5.10 Å². The molecule has 9 heteroatoms. The lowest BCUT2D eigenvalue weighted by Gasteiger charge is -2.36. The van der Waals surface area contributed by atoms with Gasteiger partial charge in [-0.3, -0.25) is 4.68 Å². The maximum atomic E-state index is 12.2. The van der Waals surface area contributed by atoms with Crippen LogP contribution in [0.1, 0.15) is 46.1 Å². The van der Waals surface area contributed by atoms with E-state index in [-0.39, 0.29) is 18.2 Å². The van der Waals surface area contributed by atoms with Gasteiger partial charge in [-0.25, -0.2) is 9.78 Å². The number of hydrogen-bond acceptors (Lipinski definition) is 6. The molecule has 0 bridgehead atoms. The van der Waals surface area contributed by atoms with Crippen molar-refractivity contribution in [2.75, 3.05) is 31.2 Å². The van der Waals surface area contributed by atoms with Crippen LogP contribution in [0, 0.1) is 0 Å². The summed E-state index contributed by atoms with van der Waals surface area (Å²) in [6.07, 6.45) is 8.17. The van der Waals surface area contributed by atoms with Crippen LogP contribution in [-0.4, -0.2) is 58.8 Å². The maximum absolute atomic E-state index is 12.2. The van der Waals surface area contributed by atoms with Crippen molar-refractivity contribution in [1.29, 1.82) is 0 Å². The van der Waals surface area contributed by atoms with Gasteiger partial charge in [-0.15, -0.1) is 0 Å². The molecule has 168 valence electrons. The van der Waals surface area contributed by atoms with E-state index in [2.05, 4.69) is 20.3 Å². The zero-order valence-electron chi connectivity index (χ0n) is 18.3. The maximum Gasteiger partial charge on any atom is 0.407 e. The summed E-state index contributed by atoms with van der Waals surface area (Å²) in [4.78, 5) is 18.8. The van der Waals surface area contributed by atoms with Crippen molar-refractivity contribution < 1.29 is 14.3 Å². The van der Waals surface area contributed by atoms with Gasteiger partial charge in [0.25, 0.3) is 0 Å². The molecule has 4 heterocycles. The number of piperidine rings is 1. The Balaban J connectivity index is 1.52. The largest absolute Gasteiger partial charge is 0.444 e. The molecule has 1 N–H and O–H groups in total. The van der Waals surface area contributed by atoms with Crippen molar-refractivity contribution >= 4 is 23.4 Å². The number of amides is 1. The van der Waals surface area contributed by atoms with Crippen molar-refractivity contribution in [1.82, 2.24) is 20.1 Å². The van der Waals surface area contributed by atoms with Crippen molar-refractivity contribution in [3.05, 3.63) is 29.8 Å². The van der Waals surface area contributed by atoms with Crippen molar-refractivity contribution in [3.63, 3.8) is 0 Å². The molecule has 0 aliphatic carbocycles. The van der Waals surface area contributed by atoms with E-state index in [0.29, 0.717) is 18.3 Å². The van der Waals surface area contributed by atoms with Gasteiger partial charge in [0.05, 0.1) is 18.8 Å². The minimum Gasteiger partial charge on any atom is -0.444 e. The smallest absolute Gasteiger partial charge is 0.407 e. The first-order chi connectivity index (χ1) is 14.8. The molecule has 8 nitrogen and oxygen atoms in total. The van der Waals surface area contributed by atoms with E-state index >= 15 is 0 Å². The number of nitrogens with one attached hydrogen (secondary N) is 1. The fourth-order valence-electron chi connectivity index (χ4n) is 4.10. The average Bonchev–Trinajstić information content (AvgIpc) is 3.38. The number of hydrogen-bond donors (Lipinski definition) is 1. The fourth-order valence-corrected chi connectivity index (χ4v) is 4.25. The zero-order valence-corrected chi connectivity index (χ0v) is 19.1. The minimum absolute atomic E-state index is 0.00162. The van der Waals surface area contributed by atoms with Gasteiger partial charge in [0, 0.05) is 54.9 Å². The van der Waals surface area contributed by atoms with Crippen molar-refractivity contribution in [3.8, 4) is 11.1 Å². The van der Waals surface area contributed by atoms with Crippen LogP contribution in [0.2, 0.25) is 5.15 Å². The molecule has 2 aliphatic heterocycles. The van der Waals surface area contributed by atoms with Crippen molar-refractivity contribution in [2.24, 2.45) is 0 Å². The second-order valence-electron chi connectivity index (χ2n) is 9.18. The number of carbonyl (C=O) groups is 1. The van der Waals surface area contributed by atoms with Crippen LogP contribution in [0.15, 0.2) is 24.7 Å². The summed E-state index contributed by atoms with van der Waals surface area (Å²) in [5.41, 5.74) is 2.45. The van der Waals surface area contributed by atoms with E-state index in [1.54, 1.807) is 6.20 Å². The Bertz CT molecular complexity index is 920. The summed E-state index contributed by atoms with van der Waals surface area (Å²) in [6, 6.07) is 2.17. The van der Waals surface area contributed by atoms with Crippen LogP contribution in [-0.2, 0) is 9.47 Å². The molecule has 2 fully saturated rings. The highest BCUT2D eigenvalue weighted by molar-refractivity contribution is 6.29. The average molecular weight is 448 g/mol. The molecular formula is C22H30ClN5O3. The molecule has 1 amide bonds. The number of nitrogens with zero attached hydrogens (tertiary/aromatic N) is 4. The topological polar surface area (TPSA) is 81.5 Å². The molecule has 0 saturated carbocycles. The second kappa shape index (κ2) is 9.04. The standard InChI is InChI=1S/C22H30ClN5O3/c1-22(2,3)31-21(29)26-16-5-4-7-27(13-16)19-9-20(23)24-11-18(19)15-10-25-28(12-15)17-6-8-30-14-17/h9-12,16-17H,4-8,13-14H2,1-3H3,(H,26,29)/t16-,17-/m0/s1. The van der Waals surface area contributed by atoms with Crippen molar-refractivity contribution in [2.45, 2.75) is 57.7 Å². The molecule has 2 aromatic heterocycles. The molecule has 0 aromatic carbocycles. The zero-order chi connectivity index (χ0) is 22.0. The summed E-state index contributed by atoms with van der Waals surface area (Å²) in [6.45, 7) is 8.61. The first-order valence-corrected chi connectivity index (χ1v) is 11.2. The monoisotopic (exact) mass is 447 g/mol. The Morgan fingerprint density at radius 3 is 2.90 bits per heavy atom. The lowest BCUT2D eigenvalue weighted by Crippen LogP contribution is -2.49. The van der Waals surface area contributed by atoms with Crippen LogP contribution in [0.25, 0.3) is 11.1 Å². The quantitative estimate of drug-likeness (QED) is 0.712. The summed E-state index contributed by atoms with van der Waals surface area (Å²) in [5.74, 6) is 0. The third-order valence-corrected chi connectivity index (χ3v) is 5.73. The highest BCUT2D eigenvalue weighted by Gasteiger charge is 2.27. The summed E-state index contributed by atoms with van der Waals surface area (Å²) in [7, 11) is 0. The molecule has 2 saturated heterocycles. The van der Waals surface area contributed by atoms with E-state index in [9.17, 15) is 4.79 Å². The first-order valence-electron chi connectivity index (χ1n) is 10.8. The van der Waals surface area contributed by atoms with Gasteiger partial charge >= 0.3 is 6.09 Å². The number of carbonyl (C=O) groups excluding carboxylic acids is 1. The van der Waals surface area contributed by atoms with Gasteiger partial charge in [-0.05, 0) is 46.1 Å². The van der Waals surface area contributed by atoms with Gasteiger partial charge in [0.1, 0.15) is 10.8 Å². The lowest BCUT2D eigenvalue weighted by molar-refractivity contribution is 0.0500. The number of rotatable bonds is 4. The van der Waals surface area contributed by atoms with E-state index in [1.165, 1.54) is 0 Å². The lowest BCUT2D eigenvalue weighted by atomic mass is 10.0. The number of alkyl carbamates (subject to hydrolysis) is 1. The van der Waals surface area contributed by atoms with Crippen LogP contribution in [0.3, 0.4) is 0 Å². The van der Waals surface area contributed by atoms with Crippen LogP contribution >= 0.6 is 11.6 Å². The third-order valence-electron chi connectivity index (χ3n) is 5.52. The molecule has 2 atom stereocenters. The normalized spacial score (nSPS) is 21.9. The predicted molar refractivity (Wildman–Crippen MR) is 120 cm³/mol. The molecule has 31 heavy (non-hydrogen) atoms. The first kappa shape index (κ1) is 21.9. The number of pyridine rings is 1. The molecule has 0 spiro atoms. The molecule has 2 aromatic rings. The Kier molecular flexibility index (Phi) is 6.39. The van der Waals surface area contributed by atoms with E-state index in [0.717, 1.165) is 49.2 Å². The Morgan fingerprint density at radius 2 is 2.16 bits per heavy atom. The predicted octanol–water partition coefficient (Wildman–Crippen LogP) is 4.05. The Morgan fingerprint density at radius 1 is 1.32 bits per heavy atom. The van der Waals surface area contributed by atoms with E-state index in [1.807, 2.05) is 43.9 Å². The van der Waals surface area contributed by atoms with Crippen LogP contribution in [0.5, 0.6) is 0 Å². The summed E-state index contributed by atoms with van der Waals surface area (Å²) < 4.78 is 12.9. The molecule has 2 aliphatic rings. The number of aromatic nitrogens is 3. The van der Waals surface area contributed by atoms with Gasteiger partial charge in [-0.1, -0.05) is 11.6 Å². The van der Waals surface area contributed by atoms with E-state index in [4.69, 9.17) is 21.1 Å². The number of anilines is 1. The fraction of sp³-hybridized carbons (Fsp3) is 0.591. The number of halogens is 1. The minimum atomic E-state index is -0.519. The Labute approximate surface area is 187 Å². The molecule has 0 unspecified atom stereocenters. The van der Waals surface area contributed by atoms with Gasteiger partial charge in [0.15, 0.2) is 0 Å². The van der Waals surface area contributed by atoms with E-state index < -0.39 is 5.60 Å². The summed E-state index contributed by atoms with van der Waals surface area (Å²) >= 11 is 6.26. The third kappa shape index (κ3) is 5.49. The van der Waals surface area contributed by atoms with Gasteiger partial charge < -0.3 is 19.7 Å². The van der Waals surface area contributed by atoms with Crippen LogP contribution in [0.4, 0.5) is 10.5 Å². The summed E-state index contributed by atoms with van der Waals surface area (Å²) in [5, 5.41) is 8.01. The SMILES string of the molecule is CC(C)(C)OC(=O)N[C@H]1CCCN(c2cc(Cl)ncc2-c2cnn([C@H]3CCOC3)c2)C1. The molecule has 0 radical (unpaired) electrons. The van der Waals surface area contributed by atoms with Gasteiger partial charge in [0.2, 0.25) is 0 Å². The Hall–Kier alpha value is -2.32.